The maximum atomic E-state index is 13.9. The summed E-state index contributed by atoms with van der Waals surface area (Å²) in [6, 6.07) is 36.6. The lowest BCUT2D eigenvalue weighted by Gasteiger charge is -2.23. The van der Waals surface area contributed by atoms with Crippen LogP contribution in [0.2, 0.25) is 0 Å². The molecule has 0 spiro atoms. The minimum absolute atomic E-state index is 0.0535. The second-order valence-corrected chi connectivity index (χ2v) is 12.7. The van der Waals surface area contributed by atoms with E-state index in [0.717, 1.165) is 45.8 Å². The van der Waals surface area contributed by atoms with Crippen LogP contribution in [0.25, 0.3) is 21.8 Å². The average Bonchev–Trinajstić information content (AvgIpc) is 3.69. The Hall–Kier alpha value is -4.75. The molecule has 0 aliphatic rings. The number of rotatable bonds is 14. The number of hydrogen-bond donors (Lipinski definition) is 4. The summed E-state index contributed by atoms with van der Waals surface area (Å²) in [5, 5.41) is 7.63. The van der Waals surface area contributed by atoms with Crippen LogP contribution in [-0.2, 0) is 35.3 Å². The van der Waals surface area contributed by atoms with E-state index in [-0.39, 0.29) is 11.8 Å². The van der Waals surface area contributed by atoms with Gasteiger partial charge in [-0.3, -0.25) is 9.59 Å². The first-order valence-corrected chi connectivity index (χ1v) is 16.5. The summed E-state index contributed by atoms with van der Waals surface area (Å²) >= 11 is 1.46. The summed E-state index contributed by atoms with van der Waals surface area (Å²) in [6.07, 6.45) is 6.49. The Balaban J connectivity index is 1.23. The molecule has 0 aliphatic carbocycles. The first-order chi connectivity index (χ1) is 22.1. The number of hydrogen-bond acceptors (Lipinski definition) is 3. The molecule has 0 aliphatic heterocycles. The van der Waals surface area contributed by atoms with Gasteiger partial charge in [0.1, 0.15) is 0 Å². The molecule has 6 rings (SSSR count). The normalized spacial score (nSPS) is 12.6. The predicted octanol–water partition coefficient (Wildman–Crippen LogP) is 6.62. The van der Waals surface area contributed by atoms with Crippen molar-refractivity contribution in [2.24, 2.45) is 0 Å². The van der Waals surface area contributed by atoms with Crippen LogP contribution >= 0.6 is 11.8 Å². The number of thioether (sulfide) groups is 1. The molecule has 2 aromatic heterocycles. The van der Waals surface area contributed by atoms with Gasteiger partial charge in [-0.15, -0.1) is 11.8 Å². The molecule has 228 valence electrons. The zero-order valence-electron chi connectivity index (χ0n) is 25.2. The molecular weight excluding hydrogens is 577 g/mol. The lowest BCUT2D eigenvalue weighted by Crippen LogP contribution is -2.41. The number of carbonyl (C=O) groups is 2. The van der Waals surface area contributed by atoms with Crippen molar-refractivity contribution in [3.63, 3.8) is 0 Å². The van der Waals surface area contributed by atoms with E-state index in [1.54, 1.807) is 0 Å². The number of benzene rings is 4. The van der Waals surface area contributed by atoms with Crippen LogP contribution in [-0.4, -0.2) is 45.4 Å². The van der Waals surface area contributed by atoms with Crippen molar-refractivity contribution in [3.8, 4) is 0 Å². The Morgan fingerprint density at radius 1 is 0.556 bits per heavy atom. The van der Waals surface area contributed by atoms with Crippen LogP contribution in [0, 0.1) is 0 Å². The van der Waals surface area contributed by atoms with E-state index in [1.165, 1.54) is 22.9 Å². The maximum Gasteiger partial charge on any atom is 0.233 e. The Bertz CT molecular complexity index is 1710. The van der Waals surface area contributed by atoms with Gasteiger partial charge in [0.05, 0.1) is 10.5 Å². The molecule has 0 saturated heterocycles. The molecule has 2 heterocycles. The van der Waals surface area contributed by atoms with Crippen molar-refractivity contribution in [1.29, 1.82) is 0 Å². The van der Waals surface area contributed by atoms with Crippen molar-refractivity contribution in [2.45, 2.75) is 36.2 Å². The van der Waals surface area contributed by atoms with Gasteiger partial charge in [-0.2, -0.15) is 0 Å². The zero-order chi connectivity index (χ0) is 30.8. The molecule has 2 atom stereocenters. The van der Waals surface area contributed by atoms with Gasteiger partial charge in [0.25, 0.3) is 0 Å². The summed E-state index contributed by atoms with van der Waals surface area (Å²) in [4.78, 5) is 34.5. The van der Waals surface area contributed by atoms with Crippen LogP contribution in [0.5, 0.6) is 0 Å². The third-order valence-corrected chi connectivity index (χ3v) is 9.60. The van der Waals surface area contributed by atoms with E-state index in [9.17, 15) is 9.59 Å². The summed E-state index contributed by atoms with van der Waals surface area (Å²) in [7, 11) is 0. The third-order valence-electron chi connectivity index (χ3n) is 8.19. The minimum atomic E-state index is -0.463. The van der Waals surface area contributed by atoms with Crippen LogP contribution in [0.1, 0.15) is 22.3 Å². The largest absolute Gasteiger partial charge is 0.361 e. The Kier molecular flexibility index (Phi) is 9.97. The summed E-state index contributed by atoms with van der Waals surface area (Å²) in [5.41, 5.74) is 6.56. The van der Waals surface area contributed by atoms with Crippen molar-refractivity contribution in [2.75, 3.05) is 13.1 Å². The highest BCUT2D eigenvalue weighted by Gasteiger charge is 2.30. The fourth-order valence-corrected chi connectivity index (χ4v) is 7.14. The fourth-order valence-electron chi connectivity index (χ4n) is 5.78. The second-order valence-electron chi connectivity index (χ2n) is 11.3. The van der Waals surface area contributed by atoms with Gasteiger partial charge in [-0.05, 0) is 60.1 Å². The highest BCUT2D eigenvalue weighted by molar-refractivity contribution is 8.01. The minimum Gasteiger partial charge on any atom is -0.361 e. The Labute approximate surface area is 268 Å². The van der Waals surface area contributed by atoms with Crippen molar-refractivity contribution in [1.82, 2.24) is 20.6 Å². The van der Waals surface area contributed by atoms with Crippen LogP contribution < -0.4 is 10.6 Å². The van der Waals surface area contributed by atoms with Gasteiger partial charge in [0.15, 0.2) is 0 Å². The third kappa shape index (κ3) is 7.86. The van der Waals surface area contributed by atoms with Crippen LogP contribution in [0.4, 0.5) is 0 Å². The van der Waals surface area contributed by atoms with Gasteiger partial charge < -0.3 is 20.6 Å². The number of fused-ring (bicyclic) bond motifs is 2. The fraction of sp³-hybridized carbons (Fsp3) is 0.211. The molecule has 7 heteroatoms. The number of H-pyrrole nitrogens is 2. The SMILES string of the molecule is O=C(NCCc1ccccc1)C(Cc1c[nH]c2ccccc12)SC(Cc1c[nH]c2ccccc12)C(=O)NCCc1ccccc1. The number of amides is 2. The van der Waals surface area contributed by atoms with Gasteiger partial charge in [0.2, 0.25) is 11.8 Å². The van der Waals surface area contributed by atoms with Gasteiger partial charge in [-0.1, -0.05) is 97.1 Å². The molecular formula is C38H38N4O2S. The quantitative estimate of drug-likeness (QED) is 0.111. The van der Waals surface area contributed by atoms with Crippen molar-refractivity contribution in [3.05, 3.63) is 144 Å². The zero-order valence-corrected chi connectivity index (χ0v) is 26.0. The van der Waals surface area contributed by atoms with E-state index in [1.807, 2.05) is 85.2 Å². The summed E-state index contributed by atoms with van der Waals surface area (Å²) < 4.78 is 0. The molecule has 0 saturated carbocycles. The van der Waals surface area contributed by atoms with Crippen molar-refractivity contribution < 1.29 is 9.59 Å². The molecule has 6 nitrogen and oxygen atoms in total. The number of aromatic amines is 2. The molecule has 0 fully saturated rings. The lowest BCUT2D eigenvalue weighted by molar-refractivity contribution is -0.120. The van der Waals surface area contributed by atoms with Gasteiger partial charge in [-0.25, -0.2) is 0 Å². The molecule has 4 aromatic carbocycles. The average molecular weight is 615 g/mol. The molecule has 45 heavy (non-hydrogen) atoms. The highest BCUT2D eigenvalue weighted by Crippen LogP contribution is 2.30. The predicted molar refractivity (Wildman–Crippen MR) is 185 cm³/mol. The molecule has 4 N–H and O–H groups in total. The number of carbonyl (C=O) groups excluding carboxylic acids is 2. The molecule has 0 bridgehead atoms. The topological polar surface area (TPSA) is 89.8 Å². The van der Waals surface area contributed by atoms with Crippen molar-refractivity contribution >= 4 is 45.4 Å². The summed E-state index contributed by atoms with van der Waals surface area (Å²) in [5.74, 6) is -0.107. The van der Waals surface area contributed by atoms with Crippen LogP contribution in [0.3, 0.4) is 0 Å². The van der Waals surface area contributed by atoms with E-state index in [2.05, 4.69) is 57.0 Å². The van der Waals surface area contributed by atoms with Crippen LogP contribution in [0.15, 0.2) is 122 Å². The molecule has 2 amide bonds. The van der Waals surface area contributed by atoms with E-state index in [0.29, 0.717) is 25.9 Å². The number of para-hydroxylation sites is 2. The molecule has 2 unspecified atom stereocenters. The smallest absolute Gasteiger partial charge is 0.233 e. The number of nitrogens with one attached hydrogen (secondary N) is 4. The van der Waals surface area contributed by atoms with Gasteiger partial charge >= 0.3 is 0 Å². The lowest BCUT2D eigenvalue weighted by atomic mass is 10.1. The number of aromatic nitrogens is 2. The standard InChI is InChI=1S/C38H38N4O2S/c43-37(39-21-19-27-11-3-1-4-12-27)35(23-29-25-41-33-17-9-7-15-31(29)33)45-36(24-30-26-42-34-18-10-8-16-32(30)34)38(44)40-22-20-28-13-5-2-6-14-28/h1-18,25-26,35-36,41-42H,19-24H2,(H,39,43)(H,40,44). The van der Waals surface area contributed by atoms with E-state index < -0.39 is 10.5 Å². The first kappa shape index (κ1) is 30.3. The highest BCUT2D eigenvalue weighted by atomic mass is 32.2. The Morgan fingerprint density at radius 2 is 0.956 bits per heavy atom. The summed E-state index contributed by atoms with van der Waals surface area (Å²) in [6.45, 7) is 1.06. The molecule has 6 aromatic rings. The van der Waals surface area contributed by atoms with E-state index in [4.69, 9.17) is 0 Å². The van der Waals surface area contributed by atoms with Gasteiger partial charge in [0, 0.05) is 47.3 Å². The second kappa shape index (κ2) is 14.8. The Morgan fingerprint density at radius 3 is 1.40 bits per heavy atom. The monoisotopic (exact) mass is 614 g/mol. The molecule has 0 radical (unpaired) electrons. The van der Waals surface area contributed by atoms with E-state index >= 15 is 0 Å². The first-order valence-electron chi connectivity index (χ1n) is 15.5. The maximum absolute atomic E-state index is 13.9.